The van der Waals surface area contributed by atoms with E-state index in [0.29, 0.717) is 24.2 Å². The molecule has 0 spiro atoms. The van der Waals surface area contributed by atoms with E-state index >= 15 is 0 Å². The average molecular weight is 462 g/mol. The lowest BCUT2D eigenvalue weighted by Gasteiger charge is -2.38. The number of rotatable bonds is 5. The van der Waals surface area contributed by atoms with Gasteiger partial charge in [0.1, 0.15) is 5.82 Å². The second kappa shape index (κ2) is 8.81. The summed E-state index contributed by atoms with van der Waals surface area (Å²) in [4.78, 5) is 30.7. The second-order valence-corrected chi connectivity index (χ2v) is 9.37. The lowest BCUT2D eigenvalue weighted by atomic mass is 9.86. The van der Waals surface area contributed by atoms with Gasteiger partial charge in [0.2, 0.25) is 5.91 Å². The van der Waals surface area contributed by atoms with Crippen molar-refractivity contribution in [2.75, 3.05) is 20.7 Å². The molecule has 0 unspecified atom stereocenters. The summed E-state index contributed by atoms with van der Waals surface area (Å²) in [6.07, 6.45) is 0. The highest BCUT2D eigenvalue weighted by molar-refractivity contribution is 5.80. The molecule has 2 bridgehead atoms. The van der Waals surface area contributed by atoms with Gasteiger partial charge in [0.05, 0.1) is 12.0 Å². The van der Waals surface area contributed by atoms with Crippen LogP contribution in [0.15, 0.2) is 71.5 Å². The Morgan fingerprint density at radius 2 is 1.85 bits per heavy atom. The van der Waals surface area contributed by atoms with Crippen LogP contribution >= 0.6 is 0 Å². The first-order chi connectivity index (χ1) is 16.4. The van der Waals surface area contributed by atoms with Crippen molar-refractivity contribution in [3.63, 3.8) is 0 Å². The lowest BCUT2D eigenvalue weighted by molar-refractivity contribution is -0.135. The van der Waals surface area contributed by atoms with Gasteiger partial charge in [-0.25, -0.2) is 4.39 Å². The molecule has 176 valence electrons. The van der Waals surface area contributed by atoms with Crippen LogP contribution in [0.4, 0.5) is 4.39 Å². The number of amides is 1. The quantitative estimate of drug-likeness (QED) is 0.635. The number of halogens is 1. The third-order valence-corrected chi connectivity index (χ3v) is 7.24. The zero-order valence-electron chi connectivity index (χ0n) is 19.3. The van der Waals surface area contributed by atoms with Crippen molar-refractivity contribution in [3.8, 4) is 11.1 Å². The smallest absolute Gasteiger partial charge is 0.258 e. The molecule has 1 fully saturated rings. The fraction of sp³-hybridized carbons (Fsp3) is 0.333. The Kier molecular flexibility index (Phi) is 5.83. The van der Waals surface area contributed by atoms with Crippen molar-refractivity contribution in [1.82, 2.24) is 14.4 Å². The minimum atomic E-state index is -0.470. The molecule has 2 aliphatic heterocycles. The number of benzene rings is 2. The molecule has 6 nitrogen and oxygen atoms in total. The summed E-state index contributed by atoms with van der Waals surface area (Å²) in [5, 5.41) is 10.4. The Morgan fingerprint density at radius 1 is 1.09 bits per heavy atom. The van der Waals surface area contributed by atoms with Gasteiger partial charge in [-0.05, 0) is 35.4 Å². The molecule has 34 heavy (non-hydrogen) atoms. The van der Waals surface area contributed by atoms with Crippen LogP contribution in [0.1, 0.15) is 17.3 Å². The van der Waals surface area contributed by atoms with Gasteiger partial charge >= 0.3 is 0 Å². The van der Waals surface area contributed by atoms with Crippen LogP contribution in [0.25, 0.3) is 11.1 Å². The number of carbonyl (C=O) groups excluding carboxylic acids is 1. The standard InChI is InChI=1S/C27H28FN3O3/c1-29(2)27(34)24-21(16-32)23-15-31-22(25(24)30(23)14-17-7-4-3-5-8-17)12-11-20(26(31)33)18-9-6-10-19(28)13-18/h3-13,21,23-25,32H,14-16H2,1-2H3/t21-,23-,24+,25+/m1/s1. The lowest BCUT2D eigenvalue weighted by Crippen LogP contribution is -2.46. The number of pyridine rings is 1. The third-order valence-electron chi connectivity index (χ3n) is 7.24. The van der Waals surface area contributed by atoms with Crippen LogP contribution in [0.3, 0.4) is 0 Å². The van der Waals surface area contributed by atoms with Crippen LogP contribution in [-0.2, 0) is 17.9 Å². The predicted molar refractivity (Wildman–Crippen MR) is 127 cm³/mol. The van der Waals surface area contributed by atoms with Crippen LogP contribution in [0, 0.1) is 17.7 Å². The van der Waals surface area contributed by atoms with Gasteiger partial charge in [-0.15, -0.1) is 0 Å². The van der Waals surface area contributed by atoms with Gasteiger partial charge < -0.3 is 14.6 Å². The first kappa shape index (κ1) is 22.5. The largest absolute Gasteiger partial charge is 0.396 e. The summed E-state index contributed by atoms with van der Waals surface area (Å²) >= 11 is 0. The van der Waals surface area contributed by atoms with E-state index in [1.165, 1.54) is 12.1 Å². The summed E-state index contributed by atoms with van der Waals surface area (Å²) in [7, 11) is 3.45. The Labute approximate surface area is 197 Å². The molecule has 7 heteroatoms. The Balaban J connectivity index is 1.64. The van der Waals surface area contributed by atoms with Gasteiger partial charge in [0, 0.05) is 57.0 Å². The van der Waals surface area contributed by atoms with E-state index in [1.807, 2.05) is 36.4 Å². The van der Waals surface area contributed by atoms with Crippen LogP contribution < -0.4 is 5.56 Å². The molecule has 4 atom stereocenters. The van der Waals surface area contributed by atoms with Crippen molar-refractivity contribution >= 4 is 5.91 Å². The molecule has 3 aromatic rings. The summed E-state index contributed by atoms with van der Waals surface area (Å²) in [5.41, 5.74) is 2.62. The molecular formula is C27H28FN3O3. The predicted octanol–water partition coefficient (Wildman–Crippen LogP) is 2.91. The van der Waals surface area contributed by atoms with Crippen LogP contribution in [0.5, 0.6) is 0 Å². The monoisotopic (exact) mass is 461 g/mol. The van der Waals surface area contributed by atoms with Crippen molar-refractivity contribution in [2.45, 2.75) is 25.2 Å². The maximum absolute atomic E-state index is 13.8. The molecule has 1 amide bonds. The van der Waals surface area contributed by atoms with E-state index in [1.54, 1.807) is 41.8 Å². The van der Waals surface area contributed by atoms with Gasteiger partial charge in [0.15, 0.2) is 0 Å². The minimum absolute atomic E-state index is 0.0558. The molecular weight excluding hydrogens is 433 g/mol. The molecule has 0 radical (unpaired) electrons. The summed E-state index contributed by atoms with van der Waals surface area (Å²) < 4.78 is 15.6. The average Bonchev–Trinajstić information content (AvgIpc) is 3.03. The minimum Gasteiger partial charge on any atom is -0.396 e. The number of aliphatic hydroxyl groups excluding tert-OH is 1. The zero-order valence-corrected chi connectivity index (χ0v) is 19.3. The van der Waals surface area contributed by atoms with Crippen molar-refractivity contribution in [3.05, 3.63) is 94.2 Å². The number of hydrogen-bond donors (Lipinski definition) is 1. The summed E-state index contributed by atoms with van der Waals surface area (Å²) in [6, 6.07) is 19.1. The SMILES string of the molecule is CN(C)C(=O)[C@H]1[C@H](CO)[C@H]2Cn3c(ccc(-c4cccc(F)c4)c3=O)[C@@H]1N2Cc1ccccc1. The van der Waals surface area contributed by atoms with E-state index in [9.17, 15) is 19.1 Å². The van der Waals surface area contributed by atoms with Gasteiger partial charge in [0.25, 0.3) is 5.56 Å². The maximum atomic E-state index is 13.8. The van der Waals surface area contributed by atoms with Crippen molar-refractivity contribution < 1.29 is 14.3 Å². The molecule has 2 aromatic carbocycles. The van der Waals surface area contributed by atoms with Crippen LogP contribution in [0.2, 0.25) is 0 Å². The molecule has 0 saturated carbocycles. The van der Waals surface area contributed by atoms with E-state index in [-0.39, 0.29) is 36.1 Å². The fourth-order valence-electron chi connectivity index (χ4n) is 5.69. The molecule has 2 aliphatic rings. The second-order valence-electron chi connectivity index (χ2n) is 9.37. The Hall–Kier alpha value is -3.29. The number of hydrogen-bond acceptors (Lipinski definition) is 4. The van der Waals surface area contributed by atoms with Gasteiger partial charge in [-0.1, -0.05) is 42.5 Å². The molecule has 1 saturated heterocycles. The zero-order chi connectivity index (χ0) is 24.0. The topological polar surface area (TPSA) is 65.8 Å². The molecule has 0 aliphatic carbocycles. The highest BCUT2D eigenvalue weighted by Crippen LogP contribution is 2.49. The first-order valence-electron chi connectivity index (χ1n) is 11.5. The third kappa shape index (κ3) is 3.65. The maximum Gasteiger partial charge on any atom is 0.258 e. The van der Waals surface area contributed by atoms with Crippen molar-refractivity contribution in [1.29, 1.82) is 0 Å². The van der Waals surface area contributed by atoms with E-state index in [0.717, 1.165) is 11.3 Å². The van der Waals surface area contributed by atoms with Crippen LogP contribution in [-0.4, -0.2) is 52.1 Å². The fourth-order valence-corrected chi connectivity index (χ4v) is 5.69. The number of carbonyl (C=O) groups is 1. The number of nitrogens with zero attached hydrogens (tertiary/aromatic N) is 3. The number of fused-ring (bicyclic) bond motifs is 4. The number of aromatic nitrogens is 1. The summed E-state index contributed by atoms with van der Waals surface area (Å²) in [6.45, 7) is 0.836. The first-order valence-corrected chi connectivity index (χ1v) is 11.5. The van der Waals surface area contributed by atoms with Gasteiger partial charge in [-0.3, -0.25) is 14.5 Å². The normalized spacial score (nSPS) is 23.5. The molecule has 3 heterocycles. The summed E-state index contributed by atoms with van der Waals surface area (Å²) in [5.74, 6) is -1.23. The molecule has 1 N–H and O–H groups in total. The molecule has 1 aromatic heterocycles. The highest BCUT2D eigenvalue weighted by Gasteiger charge is 2.55. The Morgan fingerprint density at radius 3 is 2.53 bits per heavy atom. The van der Waals surface area contributed by atoms with E-state index in [2.05, 4.69) is 4.90 Å². The highest BCUT2D eigenvalue weighted by atomic mass is 19.1. The van der Waals surface area contributed by atoms with E-state index in [4.69, 9.17) is 0 Å². The van der Waals surface area contributed by atoms with Gasteiger partial charge in [-0.2, -0.15) is 0 Å². The Bertz CT molecular complexity index is 1270. The number of aliphatic hydroxyl groups is 1. The molecule has 5 rings (SSSR count). The van der Waals surface area contributed by atoms with E-state index < -0.39 is 11.7 Å². The van der Waals surface area contributed by atoms with Crippen molar-refractivity contribution in [2.24, 2.45) is 11.8 Å².